The third-order valence-electron chi connectivity index (χ3n) is 2.97. The van der Waals surface area contributed by atoms with Crippen molar-refractivity contribution >= 4 is 23.7 Å². The van der Waals surface area contributed by atoms with E-state index in [1.54, 1.807) is 6.92 Å². The topological polar surface area (TPSA) is 122 Å². The van der Waals surface area contributed by atoms with Crippen LogP contribution >= 0.6 is 0 Å². The van der Waals surface area contributed by atoms with Gasteiger partial charge in [0.1, 0.15) is 5.70 Å². The molecule has 0 spiro atoms. The second-order valence-corrected chi connectivity index (χ2v) is 4.43. The highest BCUT2D eigenvalue weighted by molar-refractivity contribution is 6.13. The van der Waals surface area contributed by atoms with Gasteiger partial charge in [0.05, 0.1) is 11.5 Å². The number of nitro benzene ring substituents is 1. The zero-order valence-electron chi connectivity index (χ0n) is 11.8. The molecule has 1 aromatic carbocycles. The van der Waals surface area contributed by atoms with E-state index in [0.717, 1.165) is 11.0 Å². The van der Waals surface area contributed by atoms with Gasteiger partial charge in [0.25, 0.3) is 5.91 Å². The summed E-state index contributed by atoms with van der Waals surface area (Å²) < 4.78 is 5.14. The molecule has 9 heteroatoms. The molecule has 0 saturated carbocycles. The summed E-state index contributed by atoms with van der Waals surface area (Å²) >= 11 is 0. The van der Waals surface area contributed by atoms with E-state index >= 15 is 0 Å². The average molecular weight is 307 g/mol. The summed E-state index contributed by atoms with van der Waals surface area (Å²) in [5.41, 5.74) is -0.329. The summed E-state index contributed by atoms with van der Waals surface area (Å²) in [6.07, 6.45) is 1.28. The van der Waals surface area contributed by atoms with Crippen molar-refractivity contribution in [3.63, 3.8) is 0 Å². The number of nitrogens with one attached hydrogen (secondary N) is 1. The molecule has 22 heavy (non-hydrogen) atoms. The van der Waals surface area contributed by atoms with Crippen molar-refractivity contribution in [2.75, 3.05) is 13.7 Å². The van der Waals surface area contributed by atoms with Gasteiger partial charge >= 0.3 is 11.7 Å². The average Bonchev–Trinajstić information content (AvgIpc) is 2.69. The molecule has 116 valence electrons. The maximum Gasteiger partial charge on any atom is 0.328 e. The first kappa shape index (κ1) is 15.3. The van der Waals surface area contributed by atoms with E-state index in [2.05, 4.69) is 5.32 Å². The van der Waals surface area contributed by atoms with Gasteiger partial charge in [-0.2, -0.15) is 0 Å². The number of ether oxygens (including phenoxy) is 1. The number of aromatic hydroxyl groups is 1. The van der Waals surface area contributed by atoms with Gasteiger partial charge in [0.15, 0.2) is 5.75 Å². The van der Waals surface area contributed by atoms with Crippen LogP contribution in [0.3, 0.4) is 0 Å². The Morgan fingerprint density at radius 2 is 2.14 bits per heavy atom. The molecule has 2 rings (SSSR count). The van der Waals surface area contributed by atoms with Crippen LogP contribution in [0.15, 0.2) is 17.8 Å². The molecule has 0 bridgehead atoms. The van der Waals surface area contributed by atoms with E-state index in [0.29, 0.717) is 0 Å². The Bertz CT molecular complexity index is 697. The molecule has 2 N–H and O–H groups in total. The van der Waals surface area contributed by atoms with Crippen LogP contribution in [0, 0.1) is 10.1 Å². The number of carbonyl (C=O) groups is 2. The van der Waals surface area contributed by atoms with Gasteiger partial charge in [-0.05, 0) is 24.6 Å². The first-order chi connectivity index (χ1) is 10.3. The molecule has 9 nitrogen and oxygen atoms in total. The predicted octanol–water partition coefficient (Wildman–Crippen LogP) is 1.22. The zero-order valence-corrected chi connectivity index (χ0v) is 11.8. The summed E-state index contributed by atoms with van der Waals surface area (Å²) in [6.45, 7) is 1.86. The molecule has 0 radical (unpaired) electrons. The summed E-state index contributed by atoms with van der Waals surface area (Å²) in [4.78, 5) is 34.2. The number of urea groups is 1. The van der Waals surface area contributed by atoms with Crippen molar-refractivity contribution in [1.82, 2.24) is 10.2 Å². The molecular formula is C13H13N3O6. The summed E-state index contributed by atoms with van der Waals surface area (Å²) in [5.74, 6) is -1.22. The molecule has 3 amide bonds. The van der Waals surface area contributed by atoms with Crippen LogP contribution in [0.25, 0.3) is 6.08 Å². The fraction of sp³-hybridized carbons (Fsp3) is 0.231. The highest BCUT2D eigenvalue weighted by Gasteiger charge is 2.30. The third-order valence-corrected chi connectivity index (χ3v) is 2.97. The van der Waals surface area contributed by atoms with Crippen LogP contribution < -0.4 is 10.1 Å². The second-order valence-electron chi connectivity index (χ2n) is 4.43. The molecule has 1 aliphatic rings. The molecule has 0 aliphatic carbocycles. The Hall–Kier alpha value is -3.10. The van der Waals surface area contributed by atoms with Gasteiger partial charge in [-0.25, -0.2) is 4.79 Å². The Morgan fingerprint density at radius 1 is 1.45 bits per heavy atom. The maximum atomic E-state index is 11.8. The molecule has 1 saturated heterocycles. The van der Waals surface area contributed by atoms with E-state index in [1.807, 2.05) is 0 Å². The molecule has 0 atom stereocenters. The minimum absolute atomic E-state index is 0.0186. The Balaban J connectivity index is 2.50. The van der Waals surface area contributed by atoms with E-state index in [1.165, 1.54) is 19.2 Å². The highest BCUT2D eigenvalue weighted by atomic mass is 16.6. The highest BCUT2D eigenvalue weighted by Crippen LogP contribution is 2.37. The number of hydrogen-bond acceptors (Lipinski definition) is 6. The maximum absolute atomic E-state index is 11.8. The van der Waals surface area contributed by atoms with Crippen molar-refractivity contribution in [1.29, 1.82) is 0 Å². The van der Waals surface area contributed by atoms with Crippen molar-refractivity contribution in [2.24, 2.45) is 0 Å². The number of rotatable bonds is 4. The number of nitrogens with zero attached hydrogens (tertiary/aromatic N) is 2. The van der Waals surface area contributed by atoms with Crippen LogP contribution in [0.1, 0.15) is 12.5 Å². The molecular weight excluding hydrogens is 294 g/mol. The van der Waals surface area contributed by atoms with E-state index < -0.39 is 28.3 Å². The minimum atomic E-state index is -0.763. The Labute approximate surface area is 124 Å². The van der Waals surface area contributed by atoms with E-state index in [4.69, 9.17) is 4.74 Å². The van der Waals surface area contributed by atoms with Crippen LogP contribution in [0.2, 0.25) is 0 Å². The van der Waals surface area contributed by atoms with Gasteiger partial charge in [-0.1, -0.05) is 0 Å². The molecule has 1 heterocycles. The Kier molecular flexibility index (Phi) is 3.97. The number of likely N-dealkylation sites (N-methyl/N-ethyl adjacent to an activating group) is 1. The fourth-order valence-electron chi connectivity index (χ4n) is 1.89. The van der Waals surface area contributed by atoms with Crippen LogP contribution in [0.5, 0.6) is 11.5 Å². The lowest BCUT2D eigenvalue weighted by Crippen LogP contribution is -2.25. The minimum Gasteiger partial charge on any atom is -0.500 e. The van der Waals surface area contributed by atoms with E-state index in [9.17, 15) is 24.8 Å². The van der Waals surface area contributed by atoms with Crippen LogP contribution in [0.4, 0.5) is 10.5 Å². The lowest BCUT2D eigenvalue weighted by Gasteiger charge is -2.07. The summed E-state index contributed by atoms with van der Waals surface area (Å²) in [6, 6.07) is 1.84. The predicted molar refractivity (Wildman–Crippen MR) is 75.2 cm³/mol. The first-order valence-electron chi connectivity index (χ1n) is 6.30. The first-order valence-corrected chi connectivity index (χ1v) is 6.30. The van der Waals surface area contributed by atoms with E-state index in [-0.39, 0.29) is 23.6 Å². The number of imide groups is 1. The van der Waals surface area contributed by atoms with Gasteiger partial charge in [0.2, 0.25) is 5.75 Å². The number of phenols is 1. The van der Waals surface area contributed by atoms with Crippen molar-refractivity contribution < 1.29 is 24.4 Å². The van der Waals surface area contributed by atoms with Crippen molar-refractivity contribution in [3.05, 3.63) is 33.5 Å². The lowest BCUT2D eigenvalue weighted by atomic mass is 10.1. The van der Waals surface area contributed by atoms with Gasteiger partial charge in [-0.15, -0.1) is 0 Å². The van der Waals surface area contributed by atoms with Crippen molar-refractivity contribution in [3.8, 4) is 11.5 Å². The number of amides is 3. The molecule has 0 unspecified atom stereocenters. The molecule has 1 aromatic rings. The number of hydrogen-bond donors (Lipinski definition) is 2. The summed E-state index contributed by atoms with van der Waals surface area (Å²) in [5, 5.41) is 23.1. The van der Waals surface area contributed by atoms with Crippen LogP contribution in [-0.4, -0.2) is 40.5 Å². The largest absolute Gasteiger partial charge is 0.500 e. The van der Waals surface area contributed by atoms with Crippen LogP contribution in [-0.2, 0) is 4.79 Å². The number of nitro groups is 1. The normalized spacial score (nSPS) is 16.1. The smallest absolute Gasteiger partial charge is 0.328 e. The van der Waals surface area contributed by atoms with Gasteiger partial charge < -0.3 is 15.2 Å². The quantitative estimate of drug-likeness (QED) is 0.373. The monoisotopic (exact) mass is 307 g/mol. The second kappa shape index (κ2) is 5.72. The number of phenolic OH excluding ortho intramolecular Hbond substituents is 1. The lowest BCUT2D eigenvalue weighted by molar-refractivity contribution is -0.386. The third kappa shape index (κ3) is 2.68. The summed E-state index contributed by atoms with van der Waals surface area (Å²) in [7, 11) is 1.31. The fourth-order valence-corrected chi connectivity index (χ4v) is 1.89. The molecule has 1 aliphatic heterocycles. The van der Waals surface area contributed by atoms with Crippen molar-refractivity contribution in [2.45, 2.75) is 6.92 Å². The number of carbonyl (C=O) groups excluding carboxylic acids is 2. The number of benzene rings is 1. The Morgan fingerprint density at radius 3 is 2.64 bits per heavy atom. The standard InChI is InChI=1S/C13H13N3O6/c1-3-22-10-6-7(5-9(11(10)17)16(20)21)4-8-12(18)15(2)13(19)14-8/h4-6,17H,3H2,1-2H3,(H,14,19)/b8-4+. The zero-order chi connectivity index (χ0) is 16.4. The SMILES string of the molecule is CCOc1cc(/C=C2/NC(=O)N(C)C2=O)cc([N+](=O)[O-])c1O. The van der Waals surface area contributed by atoms with Gasteiger partial charge in [0, 0.05) is 13.1 Å². The molecule has 0 aromatic heterocycles. The van der Waals surface area contributed by atoms with Gasteiger partial charge in [-0.3, -0.25) is 19.8 Å². The molecule has 1 fully saturated rings.